The van der Waals surface area contributed by atoms with Crippen molar-refractivity contribution in [2.24, 2.45) is 5.41 Å². The molecule has 0 amide bonds. The second-order valence-corrected chi connectivity index (χ2v) is 12.5. The van der Waals surface area contributed by atoms with E-state index >= 15 is 0 Å². The second kappa shape index (κ2) is 11.0. The zero-order valence-electron chi connectivity index (χ0n) is 20.9. The van der Waals surface area contributed by atoms with E-state index in [0.717, 1.165) is 37.9 Å². The van der Waals surface area contributed by atoms with Gasteiger partial charge in [-0.1, -0.05) is 59.2 Å². The molecule has 0 fully saturated rings. The van der Waals surface area contributed by atoms with E-state index < -0.39 is 0 Å². The highest BCUT2D eigenvalue weighted by atomic mass is 35.5. The number of rotatable bonds is 10. The second-order valence-electron chi connectivity index (χ2n) is 10.7. The van der Waals surface area contributed by atoms with Crippen molar-refractivity contribution in [1.29, 1.82) is 0 Å². The minimum Gasteiger partial charge on any atom is -0.496 e. The van der Waals surface area contributed by atoms with E-state index in [4.69, 9.17) is 21.1 Å². The minimum absolute atomic E-state index is 0.0721. The molecule has 2 unspecified atom stereocenters. The third kappa shape index (κ3) is 6.92. The summed E-state index contributed by atoms with van der Waals surface area (Å²) in [5.74, 6) is 0.979. The molecular weight excluding hydrogens is 424 g/mol. The van der Waals surface area contributed by atoms with Crippen molar-refractivity contribution in [3.8, 4) is 5.75 Å². The van der Waals surface area contributed by atoms with E-state index in [9.17, 15) is 0 Å². The summed E-state index contributed by atoms with van der Waals surface area (Å²) in [6, 6.07) is 4.70. The topological polar surface area (TPSA) is 18.5 Å². The molecule has 176 valence electrons. The van der Waals surface area contributed by atoms with Crippen LogP contribution in [0.2, 0.25) is 0 Å². The summed E-state index contributed by atoms with van der Waals surface area (Å²) >= 11 is 7.84. The lowest BCUT2D eigenvalue weighted by Crippen LogP contribution is -2.32. The Bertz CT molecular complexity index is 750. The molecule has 1 aromatic carbocycles. The molecule has 0 aliphatic carbocycles. The van der Waals surface area contributed by atoms with Crippen LogP contribution in [0, 0.1) is 5.41 Å². The molecule has 0 spiro atoms. The number of ether oxygens (including phenoxy) is 2. The number of thioether (sulfide) groups is 1. The maximum absolute atomic E-state index is 6.30. The molecule has 0 bridgehead atoms. The van der Waals surface area contributed by atoms with E-state index in [-0.39, 0.29) is 16.3 Å². The Morgan fingerprint density at radius 2 is 1.87 bits per heavy atom. The maximum Gasteiger partial charge on any atom is 0.126 e. The average molecular weight is 467 g/mol. The Morgan fingerprint density at radius 3 is 2.42 bits per heavy atom. The molecule has 1 heterocycles. The smallest absolute Gasteiger partial charge is 0.126 e. The van der Waals surface area contributed by atoms with Crippen molar-refractivity contribution in [3.05, 3.63) is 34.9 Å². The van der Waals surface area contributed by atoms with Gasteiger partial charge in [0.05, 0.1) is 13.2 Å². The predicted octanol–water partition coefficient (Wildman–Crippen LogP) is 9.05. The van der Waals surface area contributed by atoms with Crippen LogP contribution in [0.4, 0.5) is 0 Å². The molecule has 0 aromatic heterocycles. The van der Waals surface area contributed by atoms with Crippen LogP contribution >= 0.6 is 23.4 Å². The number of methoxy groups -OCH3 is 1. The Hall–Kier alpha value is -0.640. The van der Waals surface area contributed by atoms with Gasteiger partial charge in [-0.15, -0.1) is 11.8 Å². The lowest BCUT2D eigenvalue weighted by atomic mass is 9.75. The standard InChI is InChI=1S/C27H43ClO2S/c1-9-27(13-11-12-16-28)19-22(30-10-2)24-21(29-8)17-20(18-23(24)31-27)26(6,7)15-14-25(3,4)5/h12,16-18,22H,9-11,13-15,19H2,1-8H3/b16-12+. The van der Waals surface area contributed by atoms with Crippen LogP contribution in [-0.2, 0) is 10.2 Å². The summed E-state index contributed by atoms with van der Waals surface area (Å²) in [5.41, 5.74) is 4.66. The Morgan fingerprint density at radius 1 is 1.16 bits per heavy atom. The van der Waals surface area contributed by atoms with Crippen LogP contribution in [0.5, 0.6) is 5.75 Å². The van der Waals surface area contributed by atoms with Crippen LogP contribution in [0.1, 0.15) is 104 Å². The molecule has 2 nitrogen and oxygen atoms in total. The maximum atomic E-state index is 6.30. The first kappa shape index (κ1) is 26.6. The van der Waals surface area contributed by atoms with Gasteiger partial charge in [0.15, 0.2) is 0 Å². The molecule has 0 N–H and O–H groups in total. The van der Waals surface area contributed by atoms with Gasteiger partial charge in [0.25, 0.3) is 0 Å². The van der Waals surface area contributed by atoms with Crippen molar-refractivity contribution >= 4 is 23.4 Å². The fraction of sp³-hybridized carbons (Fsp3) is 0.704. The molecule has 31 heavy (non-hydrogen) atoms. The number of allylic oxidation sites excluding steroid dienone is 1. The molecule has 2 rings (SSSR count). The number of hydrogen-bond donors (Lipinski definition) is 0. The van der Waals surface area contributed by atoms with Gasteiger partial charge in [0.1, 0.15) is 5.75 Å². The van der Waals surface area contributed by atoms with Crippen LogP contribution in [0.25, 0.3) is 0 Å². The highest BCUT2D eigenvalue weighted by molar-refractivity contribution is 8.00. The third-order valence-corrected chi connectivity index (χ3v) is 8.51. The number of halogens is 1. The zero-order valence-corrected chi connectivity index (χ0v) is 22.5. The van der Waals surface area contributed by atoms with Crippen molar-refractivity contribution < 1.29 is 9.47 Å². The van der Waals surface area contributed by atoms with Crippen LogP contribution in [0.15, 0.2) is 28.6 Å². The molecular formula is C27H43ClO2S. The lowest BCUT2D eigenvalue weighted by Gasteiger charge is -2.42. The minimum atomic E-state index is 0.0721. The molecule has 0 saturated heterocycles. The first-order chi connectivity index (χ1) is 14.5. The normalized spacial score (nSPS) is 22.0. The highest BCUT2D eigenvalue weighted by Crippen LogP contribution is 2.56. The monoisotopic (exact) mass is 466 g/mol. The van der Waals surface area contributed by atoms with Crippen molar-refractivity contribution in [1.82, 2.24) is 0 Å². The van der Waals surface area contributed by atoms with Crippen molar-refractivity contribution in [2.75, 3.05) is 13.7 Å². The summed E-state index contributed by atoms with van der Waals surface area (Å²) in [4.78, 5) is 1.33. The van der Waals surface area contributed by atoms with Crippen LogP contribution in [-0.4, -0.2) is 18.5 Å². The van der Waals surface area contributed by atoms with Gasteiger partial charge >= 0.3 is 0 Å². The fourth-order valence-electron chi connectivity index (χ4n) is 4.41. The van der Waals surface area contributed by atoms with Gasteiger partial charge in [0, 0.05) is 27.3 Å². The molecule has 2 atom stereocenters. The molecule has 1 aliphatic rings. The molecule has 0 radical (unpaired) electrons. The zero-order chi connectivity index (χ0) is 23.3. The molecule has 4 heteroatoms. The van der Waals surface area contributed by atoms with Crippen molar-refractivity contribution in [2.45, 2.75) is 108 Å². The van der Waals surface area contributed by atoms with E-state index in [2.05, 4.69) is 66.7 Å². The molecule has 1 aromatic rings. The predicted molar refractivity (Wildman–Crippen MR) is 137 cm³/mol. The van der Waals surface area contributed by atoms with Gasteiger partial charge in [-0.2, -0.15) is 0 Å². The first-order valence-electron chi connectivity index (χ1n) is 11.8. The molecule has 0 saturated carbocycles. The molecule has 1 aliphatic heterocycles. The number of hydrogen-bond acceptors (Lipinski definition) is 3. The third-order valence-electron chi connectivity index (χ3n) is 6.68. The van der Waals surface area contributed by atoms with Gasteiger partial charge in [0.2, 0.25) is 0 Å². The van der Waals surface area contributed by atoms with E-state index in [1.165, 1.54) is 22.4 Å². The SMILES string of the molecule is CCOC1CC(CC)(CC/C=C/Cl)Sc2cc(C(C)(C)CCC(C)(C)C)cc(OC)c21. The Kier molecular flexibility index (Phi) is 9.43. The van der Waals surface area contributed by atoms with E-state index in [0.29, 0.717) is 12.0 Å². The summed E-state index contributed by atoms with van der Waals surface area (Å²) < 4.78 is 12.4. The van der Waals surface area contributed by atoms with Crippen LogP contribution < -0.4 is 4.74 Å². The summed E-state index contributed by atoms with van der Waals surface area (Å²) in [6.45, 7) is 16.8. The lowest BCUT2D eigenvalue weighted by molar-refractivity contribution is 0.0409. The van der Waals surface area contributed by atoms with Crippen molar-refractivity contribution in [3.63, 3.8) is 0 Å². The van der Waals surface area contributed by atoms with Gasteiger partial charge in [-0.25, -0.2) is 0 Å². The number of fused-ring (bicyclic) bond motifs is 1. The number of benzene rings is 1. The van der Waals surface area contributed by atoms with E-state index in [1.54, 1.807) is 12.6 Å². The average Bonchev–Trinajstić information content (AvgIpc) is 2.71. The quantitative estimate of drug-likeness (QED) is 0.342. The van der Waals surface area contributed by atoms with Gasteiger partial charge in [-0.05, 0) is 74.0 Å². The Labute approximate surface area is 200 Å². The summed E-state index contributed by atoms with van der Waals surface area (Å²) in [5, 5.41) is 0. The fourth-order valence-corrected chi connectivity index (χ4v) is 6.13. The summed E-state index contributed by atoms with van der Waals surface area (Å²) in [6.07, 6.45) is 8.69. The largest absolute Gasteiger partial charge is 0.496 e. The van der Waals surface area contributed by atoms with Crippen LogP contribution in [0.3, 0.4) is 0 Å². The van der Waals surface area contributed by atoms with Gasteiger partial charge < -0.3 is 9.47 Å². The van der Waals surface area contributed by atoms with Gasteiger partial charge in [-0.3, -0.25) is 0 Å². The highest BCUT2D eigenvalue weighted by Gasteiger charge is 2.41. The first-order valence-corrected chi connectivity index (χ1v) is 13.0. The van der Waals surface area contributed by atoms with E-state index in [1.807, 2.05) is 11.8 Å². The summed E-state index contributed by atoms with van der Waals surface area (Å²) in [7, 11) is 1.79. The Balaban J connectivity index is 2.50.